The van der Waals surface area contributed by atoms with Crippen LogP contribution in [0.2, 0.25) is 5.02 Å². The Morgan fingerprint density at radius 2 is 1.92 bits per heavy atom. The predicted molar refractivity (Wildman–Crippen MR) is 138 cm³/mol. The molecule has 4 aromatic rings. The molecule has 37 heavy (non-hydrogen) atoms. The fraction of sp³-hybridized carbons (Fsp3) is 0.179. The Labute approximate surface area is 217 Å². The Balaban J connectivity index is 1.37. The van der Waals surface area contributed by atoms with Gasteiger partial charge in [-0.2, -0.15) is 0 Å². The highest BCUT2D eigenvalue weighted by Gasteiger charge is 2.23. The number of anilines is 1. The molecule has 3 aromatic carbocycles. The summed E-state index contributed by atoms with van der Waals surface area (Å²) < 4.78 is 16.9. The van der Waals surface area contributed by atoms with Crippen LogP contribution in [0.3, 0.4) is 0 Å². The molecule has 0 saturated heterocycles. The fourth-order valence-electron chi connectivity index (χ4n) is 4.36. The summed E-state index contributed by atoms with van der Waals surface area (Å²) in [4.78, 5) is 23.7. The predicted octanol–water partition coefficient (Wildman–Crippen LogP) is 6.80. The Morgan fingerprint density at radius 3 is 2.70 bits per heavy atom. The van der Waals surface area contributed by atoms with Crippen molar-refractivity contribution in [3.63, 3.8) is 0 Å². The number of halogens is 1. The molecule has 0 spiro atoms. The van der Waals surface area contributed by atoms with Crippen LogP contribution in [0, 0.1) is 6.92 Å². The van der Waals surface area contributed by atoms with E-state index in [1.165, 1.54) is 0 Å². The number of hydrogen-bond donors (Lipinski definition) is 2. The summed E-state index contributed by atoms with van der Waals surface area (Å²) in [5.41, 5.74) is 5.73. The molecule has 0 bridgehead atoms. The molecule has 5 rings (SSSR count). The summed E-state index contributed by atoms with van der Waals surface area (Å²) in [6.07, 6.45) is -1.27. The molecule has 2 N–H and O–H groups in total. The van der Waals surface area contributed by atoms with E-state index in [0.29, 0.717) is 45.6 Å². The molecule has 0 aliphatic carbocycles. The number of rotatable bonds is 6. The Kier molecular flexibility index (Phi) is 6.58. The van der Waals surface area contributed by atoms with E-state index < -0.39 is 18.2 Å². The topological polar surface area (TPSA) is 111 Å². The summed E-state index contributed by atoms with van der Waals surface area (Å²) >= 11 is 6.22. The van der Waals surface area contributed by atoms with Crippen LogP contribution in [-0.2, 0) is 22.6 Å². The van der Waals surface area contributed by atoms with Gasteiger partial charge in [0.15, 0.2) is 5.76 Å². The summed E-state index contributed by atoms with van der Waals surface area (Å²) in [6.45, 7) is 3.75. The molecule has 1 atom stereocenters. The number of amides is 1. The minimum Gasteiger partial charge on any atom is -0.488 e. The van der Waals surface area contributed by atoms with Gasteiger partial charge in [-0.05, 0) is 48.7 Å². The SMILES string of the molecule is Cc1onc(-c2ccc3c(c2)OCc2cc(CC(=O)O)ccc2-3)c1NC(=O)OC(C)c1ccccc1Cl. The minimum absolute atomic E-state index is 0.0417. The maximum atomic E-state index is 12.7. The van der Waals surface area contributed by atoms with Gasteiger partial charge < -0.3 is 19.1 Å². The number of aromatic nitrogens is 1. The lowest BCUT2D eigenvalue weighted by atomic mass is 9.93. The number of carboxylic acid groups (broad SMARTS) is 1. The van der Waals surface area contributed by atoms with Crippen molar-refractivity contribution in [2.75, 3.05) is 5.32 Å². The van der Waals surface area contributed by atoms with E-state index in [4.69, 9.17) is 30.7 Å². The molecule has 0 saturated carbocycles. The van der Waals surface area contributed by atoms with Crippen LogP contribution in [0.25, 0.3) is 22.4 Å². The Hall–Kier alpha value is -4.30. The zero-order valence-electron chi connectivity index (χ0n) is 20.1. The molecule has 8 nitrogen and oxygen atoms in total. The van der Waals surface area contributed by atoms with Crippen LogP contribution in [-0.4, -0.2) is 22.3 Å². The van der Waals surface area contributed by atoms with Gasteiger partial charge >= 0.3 is 12.1 Å². The monoisotopic (exact) mass is 518 g/mol. The van der Waals surface area contributed by atoms with Gasteiger partial charge in [-0.25, -0.2) is 4.79 Å². The third-order valence-electron chi connectivity index (χ3n) is 6.17. The van der Waals surface area contributed by atoms with E-state index in [-0.39, 0.29) is 6.42 Å². The van der Waals surface area contributed by atoms with Gasteiger partial charge in [0.25, 0.3) is 0 Å². The first-order valence-corrected chi connectivity index (χ1v) is 12.0. The van der Waals surface area contributed by atoms with Crippen molar-refractivity contribution in [2.24, 2.45) is 0 Å². The average Bonchev–Trinajstić information content (AvgIpc) is 3.22. The molecule has 0 fully saturated rings. The van der Waals surface area contributed by atoms with E-state index in [1.807, 2.05) is 48.5 Å². The van der Waals surface area contributed by atoms with Crippen molar-refractivity contribution in [3.8, 4) is 28.1 Å². The quantitative estimate of drug-likeness (QED) is 0.288. The van der Waals surface area contributed by atoms with E-state index in [9.17, 15) is 9.59 Å². The average molecular weight is 519 g/mol. The van der Waals surface area contributed by atoms with Gasteiger partial charge in [0.1, 0.15) is 29.8 Å². The minimum atomic E-state index is -0.878. The molecule has 1 aromatic heterocycles. The third kappa shape index (κ3) is 5.01. The van der Waals surface area contributed by atoms with Gasteiger partial charge in [-0.15, -0.1) is 0 Å². The van der Waals surface area contributed by atoms with Crippen LogP contribution in [0.15, 0.2) is 65.2 Å². The van der Waals surface area contributed by atoms with Gasteiger partial charge in [-0.3, -0.25) is 10.1 Å². The number of carboxylic acids is 1. The first-order chi connectivity index (χ1) is 17.8. The highest BCUT2D eigenvalue weighted by atomic mass is 35.5. The highest BCUT2D eigenvalue weighted by Crippen LogP contribution is 2.41. The fourth-order valence-corrected chi connectivity index (χ4v) is 4.65. The Bertz CT molecular complexity index is 1510. The second-order valence-electron chi connectivity index (χ2n) is 8.72. The van der Waals surface area contributed by atoms with Crippen molar-refractivity contribution in [3.05, 3.63) is 88.1 Å². The highest BCUT2D eigenvalue weighted by molar-refractivity contribution is 6.31. The molecule has 0 radical (unpaired) electrons. The normalized spacial score (nSPS) is 12.6. The van der Waals surface area contributed by atoms with E-state index in [2.05, 4.69) is 10.5 Å². The number of nitrogens with one attached hydrogen (secondary N) is 1. The summed E-state index contributed by atoms with van der Waals surface area (Å²) in [5, 5.41) is 16.5. The van der Waals surface area contributed by atoms with Crippen molar-refractivity contribution in [1.29, 1.82) is 0 Å². The lowest BCUT2D eigenvalue weighted by Gasteiger charge is -2.22. The summed E-state index contributed by atoms with van der Waals surface area (Å²) in [6, 6.07) is 18.4. The first kappa shape index (κ1) is 24.4. The van der Waals surface area contributed by atoms with Crippen LogP contribution in [0.4, 0.5) is 10.5 Å². The van der Waals surface area contributed by atoms with Gasteiger partial charge in [0.05, 0.1) is 6.42 Å². The van der Waals surface area contributed by atoms with E-state index in [1.54, 1.807) is 26.0 Å². The number of benzene rings is 3. The lowest BCUT2D eigenvalue weighted by Crippen LogP contribution is -2.17. The smallest absolute Gasteiger partial charge is 0.412 e. The number of carbonyl (C=O) groups excluding carboxylic acids is 1. The zero-order valence-corrected chi connectivity index (χ0v) is 20.8. The van der Waals surface area contributed by atoms with Crippen LogP contribution >= 0.6 is 11.6 Å². The summed E-state index contributed by atoms with van der Waals surface area (Å²) in [5.74, 6) is 0.195. The second kappa shape index (κ2) is 9.99. The maximum Gasteiger partial charge on any atom is 0.412 e. The number of carbonyl (C=O) groups is 2. The second-order valence-corrected chi connectivity index (χ2v) is 9.13. The first-order valence-electron chi connectivity index (χ1n) is 11.6. The largest absolute Gasteiger partial charge is 0.488 e. The van der Waals surface area contributed by atoms with Crippen molar-refractivity contribution >= 4 is 29.4 Å². The lowest BCUT2D eigenvalue weighted by molar-refractivity contribution is -0.136. The number of fused-ring (bicyclic) bond motifs is 3. The van der Waals surface area contributed by atoms with Crippen molar-refractivity contribution < 1.29 is 28.7 Å². The van der Waals surface area contributed by atoms with Crippen molar-refractivity contribution in [2.45, 2.75) is 33.0 Å². The van der Waals surface area contributed by atoms with E-state index >= 15 is 0 Å². The van der Waals surface area contributed by atoms with Crippen molar-refractivity contribution in [1.82, 2.24) is 5.16 Å². The molecule has 1 amide bonds. The molecular formula is C28H23ClN2O6. The number of aliphatic carboxylic acids is 1. The molecule has 1 aliphatic heterocycles. The molecule has 188 valence electrons. The Morgan fingerprint density at radius 1 is 1.14 bits per heavy atom. The third-order valence-corrected chi connectivity index (χ3v) is 6.51. The maximum absolute atomic E-state index is 12.7. The van der Waals surface area contributed by atoms with Gasteiger partial charge in [-0.1, -0.05) is 59.2 Å². The zero-order chi connectivity index (χ0) is 26.1. The number of nitrogens with zero attached hydrogens (tertiary/aromatic N) is 1. The van der Waals surface area contributed by atoms with E-state index in [0.717, 1.165) is 22.3 Å². The number of hydrogen-bond acceptors (Lipinski definition) is 6. The molecule has 1 aliphatic rings. The molecule has 2 heterocycles. The van der Waals surface area contributed by atoms with Gasteiger partial charge in [0.2, 0.25) is 0 Å². The van der Waals surface area contributed by atoms with Crippen LogP contribution in [0.5, 0.6) is 5.75 Å². The number of aryl methyl sites for hydroxylation is 1. The molecule has 9 heteroatoms. The molecular weight excluding hydrogens is 496 g/mol. The number of ether oxygens (including phenoxy) is 2. The molecule has 1 unspecified atom stereocenters. The van der Waals surface area contributed by atoms with Gasteiger partial charge in [0, 0.05) is 21.7 Å². The van der Waals surface area contributed by atoms with Crippen LogP contribution in [0.1, 0.15) is 35.5 Å². The summed E-state index contributed by atoms with van der Waals surface area (Å²) in [7, 11) is 0. The standard InChI is InChI=1S/C28H23ClN2O6/c1-15(20-5-3-4-6-23(20)29)36-28(34)30-26-16(2)37-31-27(26)18-8-10-22-21-9-7-17(12-25(32)33)11-19(21)14-35-24(22)13-18/h3-11,13,15H,12,14H2,1-2H3,(H,30,34)(H,32,33). The van der Waals surface area contributed by atoms with Crippen LogP contribution < -0.4 is 10.1 Å².